The van der Waals surface area contributed by atoms with Gasteiger partial charge in [-0.05, 0) is 62.8 Å². The summed E-state index contributed by atoms with van der Waals surface area (Å²) >= 11 is 0. The summed E-state index contributed by atoms with van der Waals surface area (Å²) in [7, 11) is 1.85. The van der Waals surface area contributed by atoms with Crippen LogP contribution in [0.3, 0.4) is 0 Å². The molecule has 1 aliphatic rings. The second kappa shape index (κ2) is 9.15. The van der Waals surface area contributed by atoms with Crippen LogP contribution in [-0.2, 0) is 16.1 Å². The highest BCUT2D eigenvalue weighted by atomic mass is 16.5. The number of hydrogen-bond acceptors (Lipinski definition) is 6. The predicted octanol–water partition coefficient (Wildman–Crippen LogP) is 2.94. The Morgan fingerprint density at radius 1 is 1.24 bits per heavy atom. The van der Waals surface area contributed by atoms with Crippen molar-refractivity contribution in [3.8, 4) is 11.4 Å². The zero-order valence-corrected chi connectivity index (χ0v) is 17.5. The predicted molar refractivity (Wildman–Crippen MR) is 108 cm³/mol. The van der Waals surface area contributed by atoms with E-state index in [-0.39, 0.29) is 24.6 Å². The van der Waals surface area contributed by atoms with Crippen molar-refractivity contribution in [3.05, 3.63) is 29.8 Å². The zero-order valence-electron chi connectivity index (χ0n) is 17.5. The molecule has 0 radical (unpaired) electrons. The monoisotopic (exact) mass is 399 g/mol. The molecule has 29 heavy (non-hydrogen) atoms. The fourth-order valence-corrected chi connectivity index (χ4v) is 3.56. The first-order valence-corrected chi connectivity index (χ1v) is 10.2. The van der Waals surface area contributed by atoms with Gasteiger partial charge in [-0.1, -0.05) is 19.1 Å². The van der Waals surface area contributed by atoms with E-state index >= 15 is 0 Å². The van der Waals surface area contributed by atoms with Gasteiger partial charge in [0.2, 0.25) is 11.7 Å². The lowest BCUT2D eigenvalue weighted by atomic mass is 9.87. The minimum atomic E-state index is -0.396. The number of likely N-dealkylation sites (N-methyl/N-ethyl adjacent to an activating group) is 1. The molecule has 0 spiro atoms. The van der Waals surface area contributed by atoms with E-state index in [9.17, 15) is 9.59 Å². The Morgan fingerprint density at radius 2 is 1.97 bits per heavy atom. The Kier molecular flexibility index (Phi) is 6.61. The molecule has 1 saturated carbocycles. The van der Waals surface area contributed by atoms with Gasteiger partial charge in [-0.25, -0.2) is 4.79 Å². The van der Waals surface area contributed by atoms with Crippen LogP contribution in [0.4, 0.5) is 0 Å². The minimum absolute atomic E-state index is 0.0252. The smallest absolute Gasteiger partial charge is 0.338 e. The summed E-state index contributed by atoms with van der Waals surface area (Å²) in [6.07, 6.45) is 4.20. The molecule has 1 aliphatic carbocycles. The average molecular weight is 399 g/mol. The minimum Gasteiger partial charge on any atom is -0.459 e. The molecule has 0 aliphatic heterocycles. The summed E-state index contributed by atoms with van der Waals surface area (Å²) in [6, 6.07) is 7.18. The summed E-state index contributed by atoms with van der Waals surface area (Å²) < 4.78 is 5.22. The highest BCUT2D eigenvalue weighted by Crippen LogP contribution is 2.26. The number of benzene rings is 1. The second-order valence-electron chi connectivity index (χ2n) is 8.10. The highest BCUT2D eigenvalue weighted by Gasteiger charge is 2.25. The van der Waals surface area contributed by atoms with Gasteiger partial charge in [-0.2, -0.15) is 4.80 Å². The van der Waals surface area contributed by atoms with Crippen molar-refractivity contribution >= 4 is 11.9 Å². The van der Waals surface area contributed by atoms with Crippen LogP contribution < -0.4 is 0 Å². The summed E-state index contributed by atoms with van der Waals surface area (Å²) in [5.41, 5.74) is 1.08. The van der Waals surface area contributed by atoms with E-state index in [4.69, 9.17) is 4.74 Å². The zero-order chi connectivity index (χ0) is 21.0. The Bertz CT molecular complexity index is 856. The lowest BCUT2D eigenvalue weighted by Crippen LogP contribution is -2.41. The van der Waals surface area contributed by atoms with Crippen LogP contribution in [0.2, 0.25) is 0 Å². The van der Waals surface area contributed by atoms with Crippen LogP contribution in [0.1, 0.15) is 56.8 Å². The number of carbonyl (C=O) groups excluding carboxylic acids is 2. The molecule has 1 amide bonds. The molecule has 1 aromatic carbocycles. The molecule has 1 fully saturated rings. The van der Waals surface area contributed by atoms with Crippen molar-refractivity contribution in [2.45, 2.75) is 65.1 Å². The summed E-state index contributed by atoms with van der Waals surface area (Å²) in [4.78, 5) is 27.8. The largest absolute Gasteiger partial charge is 0.459 e. The molecule has 1 aromatic heterocycles. The molecule has 0 atom stereocenters. The number of tetrazole rings is 1. The van der Waals surface area contributed by atoms with Crippen molar-refractivity contribution in [2.24, 2.45) is 5.92 Å². The fourth-order valence-electron chi connectivity index (χ4n) is 3.56. The number of ether oxygens (including phenoxy) is 1. The lowest BCUT2D eigenvalue weighted by Gasteiger charge is -2.33. The quantitative estimate of drug-likeness (QED) is 0.694. The van der Waals surface area contributed by atoms with Gasteiger partial charge in [0, 0.05) is 18.7 Å². The highest BCUT2D eigenvalue weighted by molar-refractivity contribution is 5.90. The van der Waals surface area contributed by atoms with Crippen molar-refractivity contribution in [2.75, 3.05) is 7.05 Å². The molecule has 0 N–H and O–H groups in total. The SMILES string of the molecule is CC1CCC(N(C)C(=O)Cn2nnc(-c3cccc(C(=O)OC(C)C)c3)n2)CC1. The number of rotatable bonds is 6. The molecule has 1 heterocycles. The number of esters is 1. The first-order valence-electron chi connectivity index (χ1n) is 10.2. The van der Waals surface area contributed by atoms with Crippen LogP contribution >= 0.6 is 0 Å². The Balaban J connectivity index is 1.65. The van der Waals surface area contributed by atoms with Gasteiger partial charge < -0.3 is 9.64 Å². The van der Waals surface area contributed by atoms with E-state index in [1.807, 2.05) is 11.9 Å². The molecule has 156 valence electrons. The topological polar surface area (TPSA) is 90.2 Å². The number of nitrogens with zero attached hydrogens (tertiary/aromatic N) is 5. The van der Waals surface area contributed by atoms with Gasteiger partial charge in [-0.3, -0.25) is 4.79 Å². The third-order valence-corrected chi connectivity index (χ3v) is 5.36. The van der Waals surface area contributed by atoms with Crippen LogP contribution in [0.25, 0.3) is 11.4 Å². The van der Waals surface area contributed by atoms with Gasteiger partial charge in [-0.15, -0.1) is 10.2 Å². The maximum absolute atomic E-state index is 12.6. The summed E-state index contributed by atoms with van der Waals surface area (Å²) in [6.45, 7) is 5.91. The van der Waals surface area contributed by atoms with E-state index in [1.165, 1.54) is 4.80 Å². The van der Waals surface area contributed by atoms with Crippen LogP contribution in [0, 0.1) is 5.92 Å². The Morgan fingerprint density at radius 3 is 2.66 bits per heavy atom. The average Bonchev–Trinajstić information content (AvgIpc) is 3.16. The van der Waals surface area contributed by atoms with Crippen molar-refractivity contribution in [1.29, 1.82) is 0 Å². The fraction of sp³-hybridized carbons (Fsp3) is 0.571. The first-order chi connectivity index (χ1) is 13.8. The molecule has 2 aromatic rings. The van der Waals surface area contributed by atoms with Crippen LogP contribution in [-0.4, -0.2) is 56.2 Å². The third-order valence-electron chi connectivity index (χ3n) is 5.36. The lowest BCUT2D eigenvalue weighted by molar-refractivity contribution is -0.133. The molecule has 0 unspecified atom stereocenters. The molecule has 8 heteroatoms. The van der Waals surface area contributed by atoms with Crippen molar-refractivity contribution in [1.82, 2.24) is 25.1 Å². The van der Waals surface area contributed by atoms with Crippen molar-refractivity contribution in [3.63, 3.8) is 0 Å². The Hall–Kier alpha value is -2.77. The summed E-state index contributed by atoms with van der Waals surface area (Å²) in [5.74, 6) is 0.685. The van der Waals surface area contributed by atoms with E-state index in [2.05, 4.69) is 22.3 Å². The number of carbonyl (C=O) groups is 2. The van der Waals surface area contributed by atoms with Gasteiger partial charge in [0.1, 0.15) is 6.54 Å². The van der Waals surface area contributed by atoms with Gasteiger partial charge in [0.05, 0.1) is 11.7 Å². The van der Waals surface area contributed by atoms with E-state index in [1.54, 1.807) is 38.1 Å². The number of hydrogen-bond donors (Lipinski definition) is 0. The maximum Gasteiger partial charge on any atom is 0.338 e. The molecule has 0 bridgehead atoms. The van der Waals surface area contributed by atoms with Gasteiger partial charge in [0.25, 0.3) is 0 Å². The van der Waals surface area contributed by atoms with Crippen molar-refractivity contribution < 1.29 is 14.3 Å². The normalized spacial score (nSPS) is 19.2. The second-order valence-corrected chi connectivity index (χ2v) is 8.10. The van der Waals surface area contributed by atoms with E-state index in [0.29, 0.717) is 17.0 Å². The van der Waals surface area contributed by atoms with E-state index < -0.39 is 5.97 Å². The molecule has 8 nitrogen and oxygen atoms in total. The molecular weight excluding hydrogens is 370 g/mol. The van der Waals surface area contributed by atoms with E-state index in [0.717, 1.165) is 31.6 Å². The third kappa shape index (κ3) is 5.40. The standard InChI is InChI=1S/C21H29N5O3/c1-14(2)29-21(28)17-7-5-6-16(12-17)20-22-24-26(23-20)13-19(27)25(4)18-10-8-15(3)9-11-18/h5-7,12,14-15,18H,8-11,13H2,1-4H3. The van der Waals surface area contributed by atoms with Crippen LogP contribution in [0.5, 0.6) is 0 Å². The van der Waals surface area contributed by atoms with Gasteiger partial charge >= 0.3 is 5.97 Å². The molecular formula is C21H29N5O3. The summed E-state index contributed by atoms with van der Waals surface area (Å²) in [5, 5.41) is 12.4. The number of amides is 1. The van der Waals surface area contributed by atoms with Gasteiger partial charge in [0.15, 0.2) is 0 Å². The number of aromatic nitrogens is 4. The first kappa shape index (κ1) is 21.0. The Labute approximate surface area is 171 Å². The van der Waals surface area contributed by atoms with Crippen LogP contribution in [0.15, 0.2) is 24.3 Å². The molecule has 3 rings (SSSR count). The maximum atomic E-state index is 12.6. The molecule has 0 saturated heterocycles.